The summed E-state index contributed by atoms with van der Waals surface area (Å²) < 4.78 is 11.3. The third-order valence-electron chi connectivity index (χ3n) is 14.0. The highest BCUT2D eigenvalue weighted by molar-refractivity contribution is 5.76. The molecule has 1 heterocycles. The van der Waals surface area contributed by atoms with Crippen LogP contribution in [0.1, 0.15) is 290 Å². The van der Waals surface area contributed by atoms with Crippen LogP contribution in [-0.4, -0.2) is 87.5 Å². The lowest BCUT2D eigenvalue weighted by molar-refractivity contribution is -0.302. The van der Waals surface area contributed by atoms with E-state index >= 15 is 0 Å². The normalized spacial score (nSPS) is 19.9. The second-order valence-corrected chi connectivity index (χ2v) is 20.1. The zero-order chi connectivity index (χ0) is 46.6. The number of hydrogen-bond donors (Lipinski definition) is 6. The average molecular weight is 912 g/mol. The Labute approximate surface area is 395 Å². The molecule has 1 fully saturated rings. The van der Waals surface area contributed by atoms with Gasteiger partial charge in [-0.2, -0.15) is 0 Å². The van der Waals surface area contributed by atoms with E-state index in [1.807, 2.05) is 0 Å². The van der Waals surface area contributed by atoms with Crippen LogP contribution in [0.4, 0.5) is 0 Å². The van der Waals surface area contributed by atoms with E-state index < -0.39 is 49.5 Å². The van der Waals surface area contributed by atoms with Gasteiger partial charge in [-0.3, -0.25) is 4.79 Å². The largest absolute Gasteiger partial charge is 0.394 e. The Hall–Kier alpha value is -0.810. The van der Waals surface area contributed by atoms with Crippen LogP contribution in [0.5, 0.6) is 0 Å². The monoisotopic (exact) mass is 912 g/mol. The number of hydrogen-bond acceptors (Lipinski definition) is 8. The van der Waals surface area contributed by atoms with Crippen LogP contribution in [0, 0.1) is 0 Å². The van der Waals surface area contributed by atoms with Gasteiger partial charge < -0.3 is 40.3 Å². The summed E-state index contributed by atoms with van der Waals surface area (Å²) in [5, 5.41) is 54.6. The number of aliphatic hydroxyl groups is 5. The molecule has 1 amide bonds. The Morgan fingerprint density at radius 2 is 0.781 bits per heavy atom. The minimum atomic E-state index is -1.55. The number of nitrogens with one attached hydrogen (secondary N) is 1. The van der Waals surface area contributed by atoms with Crippen LogP contribution < -0.4 is 5.32 Å². The molecule has 7 atom stereocenters. The molecule has 2 unspecified atom stereocenters. The van der Waals surface area contributed by atoms with Crippen molar-refractivity contribution in [2.75, 3.05) is 13.2 Å². The predicted octanol–water partition coefficient (Wildman–Crippen LogP) is 13.5. The number of aliphatic hydroxyl groups excluding tert-OH is 5. The minimum absolute atomic E-state index is 0.131. The maximum Gasteiger partial charge on any atom is 0.220 e. The molecular weight excluding hydrogens is 803 g/mol. The molecule has 64 heavy (non-hydrogen) atoms. The maximum absolute atomic E-state index is 13.1. The Bertz CT molecular complexity index is 970. The SMILES string of the molecule is CCCCCCCCCCCCCCCCCCCCCCCCCCCCC(=O)N[C@@H](CO[C@@H]1O[C@H](CO)[C@H](O)C(O)C1O)[C@H](O)CCCCCCCCCCCCCCCCC. The summed E-state index contributed by atoms with van der Waals surface area (Å²) in [6.45, 7) is 3.88. The summed E-state index contributed by atoms with van der Waals surface area (Å²) in [5.41, 5.74) is 0. The van der Waals surface area contributed by atoms with E-state index in [1.54, 1.807) is 0 Å². The first-order chi connectivity index (χ1) is 31.3. The fraction of sp³-hybridized carbons (Fsp3) is 0.982. The summed E-state index contributed by atoms with van der Waals surface area (Å²) in [6, 6.07) is -0.712. The van der Waals surface area contributed by atoms with Crippen molar-refractivity contribution in [2.24, 2.45) is 0 Å². The topological polar surface area (TPSA) is 149 Å². The standard InChI is InChI=1S/C55H109NO8/c1-3-5-7-9-11-13-15-17-19-20-21-22-23-24-25-26-27-28-29-31-33-35-37-39-41-43-45-51(59)56-48(47-63-55-54(62)53(61)52(60)50(46-57)64-55)49(58)44-42-40-38-36-34-32-30-18-16-14-12-10-8-6-4-2/h48-50,52-55,57-58,60-62H,3-47H2,1-2H3,(H,56,59)/t48-,49+,50+,52-,53?,54?,55+/m0/s1. The van der Waals surface area contributed by atoms with Crippen molar-refractivity contribution < 1.29 is 39.8 Å². The first kappa shape index (κ1) is 61.2. The van der Waals surface area contributed by atoms with Crippen LogP contribution >= 0.6 is 0 Å². The lowest BCUT2D eigenvalue weighted by Gasteiger charge is -2.40. The molecule has 0 radical (unpaired) electrons. The van der Waals surface area contributed by atoms with E-state index in [2.05, 4.69) is 19.2 Å². The van der Waals surface area contributed by atoms with E-state index in [9.17, 15) is 30.3 Å². The van der Waals surface area contributed by atoms with Gasteiger partial charge in [0.2, 0.25) is 5.91 Å². The zero-order valence-electron chi connectivity index (χ0n) is 42.3. The van der Waals surface area contributed by atoms with Gasteiger partial charge in [0, 0.05) is 6.42 Å². The van der Waals surface area contributed by atoms with E-state index in [1.165, 1.54) is 225 Å². The van der Waals surface area contributed by atoms with Crippen molar-refractivity contribution in [1.82, 2.24) is 5.32 Å². The summed E-state index contributed by atoms with van der Waals surface area (Å²) in [5.74, 6) is -0.137. The van der Waals surface area contributed by atoms with E-state index in [-0.39, 0.29) is 12.5 Å². The van der Waals surface area contributed by atoms with Crippen LogP contribution in [0.25, 0.3) is 0 Å². The number of carbonyl (C=O) groups is 1. The van der Waals surface area contributed by atoms with Crippen LogP contribution in [0.15, 0.2) is 0 Å². The van der Waals surface area contributed by atoms with Crippen molar-refractivity contribution in [3.8, 4) is 0 Å². The number of carbonyl (C=O) groups excluding carboxylic acids is 1. The summed E-state index contributed by atoms with van der Waals surface area (Å²) in [4.78, 5) is 13.1. The minimum Gasteiger partial charge on any atom is -0.394 e. The van der Waals surface area contributed by atoms with Crippen LogP contribution in [0.3, 0.4) is 0 Å². The third-order valence-corrected chi connectivity index (χ3v) is 14.0. The predicted molar refractivity (Wildman–Crippen MR) is 268 cm³/mol. The first-order valence-corrected chi connectivity index (χ1v) is 28.2. The molecule has 0 aromatic heterocycles. The van der Waals surface area contributed by atoms with Crippen molar-refractivity contribution >= 4 is 5.91 Å². The Morgan fingerprint density at radius 1 is 0.469 bits per heavy atom. The van der Waals surface area contributed by atoms with E-state index in [0.29, 0.717) is 12.8 Å². The van der Waals surface area contributed by atoms with Crippen molar-refractivity contribution in [3.05, 3.63) is 0 Å². The van der Waals surface area contributed by atoms with Gasteiger partial charge in [-0.05, 0) is 12.8 Å². The Balaban J connectivity index is 2.16. The Morgan fingerprint density at radius 3 is 1.11 bits per heavy atom. The Kier molecular flexibility index (Phi) is 43.9. The molecule has 382 valence electrons. The number of amides is 1. The molecule has 1 saturated heterocycles. The molecule has 9 heteroatoms. The van der Waals surface area contributed by atoms with Crippen molar-refractivity contribution in [2.45, 2.75) is 333 Å². The van der Waals surface area contributed by atoms with Gasteiger partial charge in [0.05, 0.1) is 25.4 Å². The van der Waals surface area contributed by atoms with Gasteiger partial charge in [-0.15, -0.1) is 0 Å². The molecule has 0 saturated carbocycles. The summed E-state index contributed by atoms with van der Waals surface area (Å²) in [6.07, 6.45) is 47.0. The molecule has 1 aliphatic rings. The second-order valence-electron chi connectivity index (χ2n) is 20.1. The number of rotatable bonds is 49. The fourth-order valence-corrected chi connectivity index (χ4v) is 9.46. The molecule has 1 rings (SSSR count). The molecule has 0 spiro atoms. The molecule has 0 aromatic carbocycles. The van der Waals surface area contributed by atoms with Crippen molar-refractivity contribution in [1.29, 1.82) is 0 Å². The highest BCUT2D eigenvalue weighted by Crippen LogP contribution is 2.23. The molecule has 1 aliphatic heterocycles. The van der Waals surface area contributed by atoms with Crippen molar-refractivity contribution in [3.63, 3.8) is 0 Å². The van der Waals surface area contributed by atoms with Crippen LogP contribution in [-0.2, 0) is 14.3 Å². The summed E-state index contributed by atoms with van der Waals surface area (Å²) in [7, 11) is 0. The van der Waals surface area contributed by atoms with E-state index in [4.69, 9.17) is 9.47 Å². The second kappa shape index (κ2) is 45.9. The lowest BCUT2D eigenvalue weighted by Crippen LogP contribution is -2.60. The quantitative estimate of drug-likeness (QED) is 0.0331. The van der Waals surface area contributed by atoms with Gasteiger partial charge in [-0.25, -0.2) is 0 Å². The average Bonchev–Trinajstić information content (AvgIpc) is 3.29. The summed E-state index contributed by atoms with van der Waals surface area (Å²) >= 11 is 0. The zero-order valence-corrected chi connectivity index (χ0v) is 42.3. The van der Waals surface area contributed by atoms with Gasteiger partial charge in [0.15, 0.2) is 6.29 Å². The molecule has 0 aliphatic carbocycles. The molecule has 0 bridgehead atoms. The molecule has 9 nitrogen and oxygen atoms in total. The molecule has 6 N–H and O–H groups in total. The van der Waals surface area contributed by atoms with Gasteiger partial charge in [0.25, 0.3) is 0 Å². The number of ether oxygens (including phenoxy) is 2. The maximum atomic E-state index is 13.1. The van der Waals surface area contributed by atoms with Gasteiger partial charge in [0.1, 0.15) is 24.4 Å². The van der Waals surface area contributed by atoms with Gasteiger partial charge >= 0.3 is 0 Å². The van der Waals surface area contributed by atoms with Gasteiger partial charge in [-0.1, -0.05) is 271 Å². The number of unbranched alkanes of at least 4 members (excludes halogenated alkanes) is 39. The highest BCUT2D eigenvalue weighted by Gasteiger charge is 2.44. The van der Waals surface area contributed by atoms with Crippen LogP contribution in [0.2, 0.25) is 0 Å². The van der Waals surface area contributed by atoms with E-state index in [0.717, 1.165) is 38.5 Å². The smallest absolute Gasteiger partial charge is 0.220 e. The molecular formula is C55H109NO8. The first-order valence-electron chi connectivity index (χ1n) is 28.2. The highest BCUT2D eigenvalue weighted by atomic mass is 16.7. The molecule has 0 aromatic rings. The third kappa shape index (κ3) is 35.3. The fourth-order valence-electron chi connectivity index (χ4n) is 9.46. The lowest BCUT2D eigenvalue weighted by atomic mass is 9.99.